The maximum Gasteiger partial charge on any atom is 0.247 e. The zero-order valence-corrected chi connectivity index (χ0v) is 13.8. The zero-order valence-electron chi connectivity index (χ0n) is 13.8. The molecule has 3 atom stereocenters. The molecule has 0 N–H and O–H groups in total. The van der Waals surface area contributed by atoms with Crippen molar-refractivity contribution in [3.8, 4) is 0 Å². The van der Waals surface area contributed by atoms with Gasteiger partial charge in [0.2, 0.25) is 5.91 Å². The summed E-state index contributed by atoms with van der Waals surface area (Å²) in [5.41, 5.74) is 2.16. The summed E-state index contributed by atoms with van der Waals surface area (Å²) in [5.74, 6) is 0.771. The molecule has 3 aliphatic rings. The van der Waals surface area contributed by atoms with E-state index >= 15 is 0 Å². The second-order valence-corrected chi connectivity index (χ2v) is 7.33. The van der Waals surface area contributed by atoms with Gasteiger partial charge < -0.3 is 4.90 Å². The minimum Gasteiger partial charge on any atom is -0.310 e. The van der Waals surface area contributed by atoms with E-state index in [0.717, 1.165) is 38.0 Å². The van der Waals surface area contributed by atoms with Crippen LogP contribution in [0.4, 0.5) is 5.69 Å². The summed E-state index contributed by atoms with van der Waals surface area (Å²) < 4.78 is 0. The molecule has 3 saturated heterocycles. The largest absolute Gasteiger partial charge is 0.310 e. The summed E-state index contributed by atoms with van der Waals surface area (Å²) in [6.45, 7) is 1.91. The molecule has 24 heavy (non-hydrogen) atoms. The molecular weight excluding hydrogens is 296 g/mol. The van der Waals surface area contributed by atoms with Crippen LogP contribution >= 0.6 is 0 Å². The van der Waals surface area contributed by atoms with Gasteiger partial charge in [-0.15, -0.1) is 0 Å². The van der Waals surface area contributed by atoms with Gasteiger partial charge in [0.25, 0.3) is 0 Å². The molecule has 2 aromatic rings. The van der Waals surface area contributed by atoms with Crippen molar-refractivity contribution in [2.75, 3.05) is 18.0 Å². The molecule has 2 aromatic carbocycles. The first kappa shape index (κ1) is 14.2. The highest BCUT2D eigenvalue weighted by atomic mass is 16.2. The number of amides is 1. The van der Waals surface area contributed by atoms with Crippen LogP contribution in [0.2, 0.25) is 0 Å². The highest BCUT2D eigenvalue weighted by Crippen LogP contribution is 2.56. The summed E-state index contributed by atoms with van der Waals surface area (Å²) in [6, 6.07) is 21.3. The average molecular weight is 318 g/mol. The van der Waals surface area contributed by atoms with Crippen LogP contribution < -0.4 is 4.90 Å². The third-order valence-corrected chi connectivity index (χ3v) is 6.30. The fraction of sp³-hybridized carbons (Fsp3) is 0.381. The second-order valence-electron chi connectivity index (χ2n) is 7.33. The first-order chi connectivity index (χ1) is 11.8. The van der Waals surface area contributed by atoms with Gasteiger partial charge in [-0.05, 0) is 43.5 Å². The number of hydrogen-bond donors (Lipinski definition) is 0. The number of carbonyl (C=O) groups is 1. The Labute approximate surface area is 142 Å². The molecule has 3 heterocycles. The second kappa shape index (κ2) is 5.18. The maximum absolute atomic E-state index is 13.5. The van der Waals surface area contributed by atoms with E-state index in [0.29, 0.717) is 17.9 Å². The third kappa shape index (κ3) is 1.79. The standard InChI is InChI=1S/C21H22N2O/c24-20-21-12-7-13-23(21)19(16-8-3-1-4-9-16)14-17(21)15-22(20)18-10-5-2-6-11-18/h1-6,8-11,17,19H,7,12-15H2/t17-,19?,21-/m0/s1. The maximum atomic E-state index is 13.5. The number of nitrogens with zero attached hydrogens (tertiary/aromatic N) is 2. The molecule has 0 aliphatic carbocycles. The summed E-state index contributed by atoms with van der Waals surface area (Å²) in [5, 5.41) is 0. The van der Waals surface area contributed by atoms with Crippen molar-refractivity contribution in [1.29, 1.82) is 0 Å². The van der Waals surface area contributed by atoms with E-state index in [9.17, 15) is 4.79 Å². The number of anilines is 1. The van der Waals surface area contributed by atoms with Gasteiger partial charge in [0.1, 0.15) is 5.54 Å². The van der Waals surface area contributed by atoms with Crippen molar-refractivity contribution >= 4 is 11.6 Å². The van der Waals surface area contributed by atoms with E-state index in [4.69, 9.17) is 0 Å². The van der Waals surface area contributed by atoms with Crippen molar-refractivity contribution in [1.82, 2.24) is 4.90 Å². The molecule has 0 aromatic heterocycles. The molecular formula is C21H22N2O. The molecule has 122 valence electrons. The van der Waals surface area contributed by atoms with E-state index in [1.165, 1.54) is 5.56 Å². The highest BCUT2D eigenvalue weighted by molar-refractivity contribution is 6.03. The van der Waals surface area contributed by atoms with Gasteiger partial charge in [0, 0.05) is 24.2 Å². The Morgan fingerprint density at radius 2 is 1.67 bits per heavy atom. The lowest BCUT2D eigenvalue weighted by Gasteiger charge is -2.33. The van der Waals surface area contributed by atoms with Crippen molar-refractivity contribution in [2.45, 2.75) is 30.8 Å². The monoisotopic (exact) mass is 318 g/mol. The van der Waals surface area contributed by atoms with Gasteiger partial charge in [-0.25, -0.2) is 0 Å². The molecule has 1 amide bonds. The fourth-order valence-electron chi connectivity index (χ4n) is 5.32. The van der Waals surface area contributed by atoms with Gasteiger partial charge in [0.05, 0.1) is 0 Å². The number of carbonyl (C=O) groups excluding carboxylic acids is 1. The summed E-state index contributed by atoms with van der Waals surface area (Å²) in [6.07, 6.45) is 3.25. The Hall–Kier alpha value is -2.13. The van der Waals surface area contributed by atoms with Crippen LogP contribution in [0.1, 0.15) is 30.9 Å². The predicted octanol–water partition coefficient (Wildman–Crippen LogP) is 3.63. The number of para-hydroxylation sites is 1. The summed E-state index contributed by atoms with van der Waals surface area (Å²) >= 11 is 0. The van der Waals surface area contributed by atoms with Gasteiger partial charge in [-0.2, -0.15) is 0 Å². The van der Waals surface area contributed by atoms with E-state index < -0.39 is 0 Å². The lowest BCUT2D eigenvalue weighted by atomic mass is 9.85. The van der Waals surface area contributed by atoms with Crippen LogP contribution in [0.15, 0.2) is 60.7 Å². The summed E-state index contributed by atoms with van der Waals surface area (Å²) in [4.78, 5) is 18.0. The smallest absolute Gasteiger partial charge is 0.247 e. The number of benzene rings is 2. The molecule has 3 heteroatoms. The molecule has 0 radical (unpaired) electrons. The first-order valence-corrected chi connectivity index (χ1v) is 8.99. The SMILES string of the molecule is O=C1N(c2ccccc2)C[C@@H]2CC(c3ccccc3)N3CCC[C@@]123. The molecule has 1 spiro atoms. The third-order valence-electron chi connectivity index (χ3n) is 6.30. The Morgan fingerprint density at radius 3 is 2.42 bits per heavy atom. The van der Waals surface area contributed by atoms with E-state index in [1.807, 2.05) is 23.1 Å². The topological polar surface area (TPSA) is 23.6 Å². The predicted molar refractivity (Wildman–Crippen MR) is 94.8 cm³/mol. The normalized spacial score (nSPS) is 32.2. The Balaban J connectivity index is 1.52. The molecule has 5 rings (SSSR count). The van der Waals surface area contributed by atoms with Gasteiger partial charge in [0.15, 0.2) is 0 Å². The van der Waals surface area contributed by atoms with E-state index in [-0.39, 0.29) is 5.54 Å². The van der Waals surface area contributed by atoms with Crippen molar-refractivity contribution < 1.29 is 4.79 Å². The van der Waals surface area contributed by atoms with Crippen LogP contribution in [-0.2, 0) is 4.79 Å². The van der Waals surface area contributed by atoms with E-state index in [2.05, 4.69) is 47.4 Å². The fourth-order valence-corrected chi connectivity index (χ4v) is 5.32. The van der Waals surface area contributed by atoms with Crippen LogP contribution in [0.25, 0.3) is 0 Å². The molecule has 3 fully saturated rings. The van der Waals surface area contributed by atoms with Crippen molar-refractivity contribution in [3.05, 3.63) is 66.2 Å². The molecule has 1 unspecified atom stereocenters. The van der Waals surface area contributed by atoms with Crippen LogP contribution in [-0.4, -0.2) is 29.4 Å². The Morgan fingerprint density at radius 1 is 0.958 bits per heavy atom. The molecule has 3 nitrogen and oxygen atoms in total. The van der Waals surface area contributed by atoms with Crippen LogP contribution in [0, 0.1) is 5.92 Å². The number of hydrogen-bond acceptors (Lipinski definition) is 2. The number of rotatable bonds is 2. The zero-order chi connectivity index (χ0) is 16.1. The van der Waals surface area contributed by atoms with Crippen molar-refractivity contribution in [3.63, 3.8) is 0 Å². The lowest BCUT2D eigenvalue weighted by Crippen LogP contribution is -2.49. The summed E-state index contributed by atoms with van der Waals surface area (Å²) in [7, 11) is 0. The highest BCUT2D eigenvalue weighted by Gasteiger charge is 2.65. The molecule has 3 aliphatic heterocycles. The van der Waals surface area contributed by atoms with Crippen LogP contribution in [0.5, 0.6) is 0 Å². The lowest BCUT2D eigenvalue weighted by molar-refractivity contribution is -0.126. The minimum atomic E-state index is -0.254. The molecule has 0 bridgehead atoms. The minimum absolute atomic E-state index is 0.254. The molecule has 0 saturated carbocycles. The van der Waals surface area contributed by atoms with Gasteiger partial charge >= 0.3 is 0 Å². The van der Waals surface area contributed by atoms with Crippen LogP contribution in [0.3, 0.4) is 0 Å². The van der Waals surface area contributed by atoms with Gasteiger partial charge in [-0.1, -0.05) is 48.5 Å². The van der Waals surface area contributed by atoms with Gasteiger partial charge in [-0.3, -0.25) is 9.69 Å². The van der Waals surface area contributed by atoms with Crippen molar-refractivity contribution in [2.24, 2.45) is 5.92 Å². The average Bonchev–Trinajstić information content (AvgIpc) is 3.27. The van der Waals surface area contributed by atoms with E-state index in [1.54, 1.807) is 0 Å². The quantitative estimate of drug-likeness (QED) is 0.844. The Kier molecular flexibility index (Phi) is 3.07. The first-order valence-electron chi connectivity index (χ1n) is 8.99. The Bertz CT molecular complexity index is 760.